The van der Waals surface area contributed by atoms with Gasteiger partial charge in [0.2, 0.25) is 0 Å². The number of hydrogen-bond acceptors (Lipinski definition) is 5. The summed E-state index contributed by atoms with van der Waals surface area (Å²) in [7, 11) is 0. The van der Waals surface area contributed by atoms with E-state index in [9.17, 15) is 9.90 Å². The fourth-order valence-electron chi connectivity index (χ4n) is 24.8. The normalized spacial score (nSPS) is 14.4. The van der Waals surface area contributed by atoms with Crippen molar-refractivity contribution in [1.82, 2.24) is 0 Å². The minimum Gasteiger partial charge on any atom is -0.376 e. The van der Waals surface area contributed by atoms with Crippen LogP contribution in [0.2, 0.25) is 0 Å². The summed E-state index contributed by atoms with van der Waals surface area (Å²) in [4.78, 5) is 20.8. The number of rotatable bonds is 13. The third-order valence-electron chi connectivity index (χ3n) is 31.7. The first kappa shape index (κ1) is 98.4. The van der Waals surface area contributed by atoms with Crippen molar-refractivity contribution in [2.45, 2.75) is 96.0 Å². The average molecular weight is 1990 g/mol. The molecule has 7 aliphatic carbocycles. The Kier molecular flexibility index (Phi) is 26.3. The number of ketones is 1. The zero-order valence-corrected chi connectivity index (χ0v) is 86.7. The summed E-state index contributed by atoms with van der Waals surface area (Å²) in [5.74, 6) is 0.0889. The van der Waals surface area contributed by atoms with E-state index >= 15 is 0 Å². The number of anilines is 9. The summed E-state index contributed by atoms with van der Waals surface area (Å²) in [6.45, 7) is 19.7. The molecule has 1 atom stereocenters. The van der Waals surface area contributed by atoms with Crippen molar-refractivity contribution in [2.75, 3.05) is 14.7 Å². The van der Waals surface area contributed by atoms with Crippen LogP contribution < -0.4 is 33.6 Å². The topological polar surface area (TPSA) is 47.0 Å². The van der Waals surface area contributed by atoms with E-state index in [1.807, 2.05) is 66.7 Å². The molecule has 21 aromatic rings. The van der Waals surface area contributed by atoms with Gasteiger partial charge in [-0.15, -0.1) is 0 Å². The Balaban J connectivity index is 0.000000118. The second-order valence-corrected chi connectivity index (χ2v) is 41.8. The summed E-state index contributed by atoms with van der Waals surface area (Å²) >= 11 is 3.53. The van der Waals surface area contributed by atoms with Gasteiger partial charge in [-0.2, -0.15) is 6.42 Å². The van der Waals surface area contributed by atoms with Gasteiger partial charge in [-0.05, 0) is 247 Å². The van der Waals surface area contributed by atoms with Gasteiger partial charge in [0, 0.05) is 82.7 Å². The molecule has 0 saturated carbocycles. The number of halogens is 1. The molecular formula is C143H115BrLiN3O2. The van der Waals surface area contributed by atoms with Gasteiger partial charge in [0.1, 0.15) is 5.60 Å². The maximum Gasteiger partial charge on any atom is 1.00 e. The molecule has 5 nitrogen and oxygen atoms in total. The molecule has 0 saturated heterocycles. The summed E-state index contributed by atoms with van der Waals surface area (Å²) in [5.41, 5.74) is 46.9. The number of nitrogens with zero attached hydrogens (tertiary/aromatic N) is 3. The number of benzene rings is 21. The van der Waals surface area contributed by atoms with Gasteiger partial charge in [0.15, 0.2) is 5.78 Å². The Morgan fingerprint density at radius 2 is 0.493 bits per heavy atom. The smallest absolute Gasteiger partial charge is 0.376 e. The summed E-state index contributed by atoms with van der Waals surface area (Å²) in [5, 5.41) is 13.6. The van der Waals surface area contributed by atoms with Crippen molar-refractivity contribution in [2.24, 2.45) is 0 Å². The van der Waals surface area contributed by atoms with Crippen molar-refractivity contribution in [3.8, 4) is 100 Å². The molecule has 21 aromatic carbocycles. The van der Waals surface area contributed by atoms with Crippen molar-refractivity contribution in [1.29, 1.82) is 0 Å². The van der Waals surface area contributed by atoms with E-state index in [4.69, 9.17) is 0 Å². The Morgan fingerprint density at radius 3 is 0.880 bits per heavy atom. The van der Waals surface area contributed by atoms with Crippen molar-refractivity contribution >= 4 is 72.9 Å². The van der Waals surface area contributed by atoms with Crippen LogP contribution in [-0.2, 0) is 27.3 Å². The quantitative estimate of drug-likeness (QED) is 0.0921. The van der Waals surface area contributed by atoms with Crippen LogP contribution in [0.3, 0.4) is 0 Å². The molecule has 0 aromatic heterocycles. The van der Waals surface area contributed by atoms with Gasteiger partial charge >= 0.3 is 18.9 Å². The molecule has 1 unspecified atom stereocenters. The zero-order valence-electron chi connectivity index (χ0n) is 85.1. The summed E-state index contributed by atoms with van der Waals surface area (Å²) < 4.78 is 1.14. The largest absolute Gasteiger partial charge is 1.00 e. The van der Waals surface area contributed by atoms with Crippen LogP contribution in [0, 0.1) is 6.92 Å². The van der Waals surface area contributed by atoms with Crippen LogP contribution in [0.5, 0.6) is 0 Å². The van der Waals surface area contributed by atoms with E-state index in [1.165, 1.54) is 140 Å². The molecule has 722 valence electrons. The Labute approximate surface area is 903 Å². The first-order valence-corrected chi connectivity index (χ1v) is 52.4. The Hall–Kier alpha value is -16.3. The standard InChI is InChI=1S/C46H35NO.C46H33N.C34H25NO.C12H9Br.C4H9.CH4.Li/c1-45(2)39-24-12-10-21-35(39)37-29-28-33(30-42(37)45)47(32-18-7-4-8-19-32)43-27-15-23-38-36-22-11-14-26-41(36)46(48,44(38)43)40-25-13-9-20-34(40)31-16-5-3-6-17-31;1-45(2)38-22-10-6-17-32(38)36-28-27-31(29-42(36)45)47(30-15-4-3-5-16-30)43-26-14-21-37-35-20-9-13-25-41(35)46(44(37)43)39-23-11-7-18-33(39)34-19-8-12-24-40(34)46;1-34(2)29-17-9-8-14-25(29)26-20-19-23(21-30(26)34)35(22-11-4-3-5-12-22)31-18-10-16-27-24-13-6-7-15-28(24)33(36)32(27)31;13-12-9-5-4-8-11(12)10-6-2-1-3-7-10;1-3-4-2;;/h3-30,48H,1-2H3;3-29H,1-2H3;3-21H,1-2H3;1-9H;1,3-4H2,2H3;1H4;/q;;;;-1;;+1. The van der Waals surface area contributed by atoms with Crippen LogP contribution in [-0.4, -0.2) is 10.9 Å². The van der Waals surface area contributed by atoms with Gasteiger partial charge in [-0.25, -0.2) is 0 Å². The third kappa shape index (κ3) is 16.1. The fourth-order valence-corrected chi connectivity index (χ4v) is 25.3. The van der Waals surface area contributed by atoms with Crippen molar-refractivity contribution in [3.63, 3.8) is 0 Å². The van der Waals surface area contributed by atoms with E-state index in [0.29, 0.717) is 0 Å². The Bertz CT molecular complexity index is 8670. The molecule has 7 aliphatic rings. The first-order valence-electron chi connectivity index (χ1n) is 51.6. The number of carbonyl (C=O) groups is 1. The second kappa shape index (κ2) is 40.1. The molecule has 150 heavy (non-hydrogen) atoms. The number of hydrogen-bond donors (Lipinski definition) is 1. The molecule has 0 aliphatic heterocycles. The van der Waals surface area contributed by atoms with Crippen LogP contribution in [0.4, 0.5) is 51.2 Å². The third-order valence-corrected chi connectivity index (χ3v) is 32.4. The maximum absolute atomic E-state index is 13.7. The fraction of sp³-hybridized carbons (Fsp3) is 0.105. The van der Waals surface area contributed by atoms with Crippen LogP contribution in [0.25, 0.3) is 100 Å². The second-order valence-electron chi connectivity index (χ2n) is 40.9. The predicted molar refractivity (Wildman–Crippen MR) is 627 cm³/mol. The van der Waals surface area contributed by atoms with Crippen LogP contribution in [0.15, 0.2) is 508 Å². The number of aliphatic hydroxyl groups is 1. The van der Waals surface area contributed by atoms with Crippen LogP contribution >= 0.6 is 15.9 Å². The van der Waals surface area contributed by atoms with Gasteiger partial charge in [0.05, 0.1) is 28.0 Å². The van der Waals surface area contributed by atoms with E-state index in [0.717, 1.165) is 112 Å². The maximum atomic E-state index is 13.7. The molecule has 0 bridgehead atoms. The molecule has 0 heterocycles. The van der Waals surface area contributed by atoms with E-state index in [2.05, 4.69) is 523 Å². The molecule has 1 spiro atoms. The molecule has 0 radical (unpaired) electrons. The predicted octanol–water partition coefficient (Wildman–Crippen LogP) is 35.3. The SMILES string of the molecule is Brc1ccccc1-c1ccccc1.C.CC1(C)c2ccccc2-c2ccc(N(c3ccccc3)c3cccc4c3C(=O)c3ccccc3-4)cc21.CC1(C)c2ccccc2-c2ccc(N(c3ccccc3)c3cccc4c3C(O)(c3ccccc3-c3ccccc3)c3ccccc3-4)cc21.CC1(C)c2ccccc2-c2ccc(N(c3ccccc3)c3cccc4c3C3(c5ccccc5-c5ccccc53)c3ccccc3-4)cc21.[CH2-]CCC.[Li+]. The monoisotopic (exact) mass is 1990 g/mol. The molecule has 1 N–H and O–H groups in total. The molecule has 7 heteroatoms. The number of unbranched alkanes of at least 4 members (excludes halogenated alkanes) is 1. The number of carbonyl (C=O) groups excluding carboxylic acids is 1. The van der Waals surface area contributed by atoms with E-state index in [1.54, 1.807) is 0 Å². The molecular weight excluding hydrogens is 1880 g/mol. The molecule has 0 amide bonds. The first-order chi connectivity index (χ1) is 72.4. The van der Waals surface area contributed by atoms with E-state index in [-0.39, 0.29) is 48.3 Å². The zero-order chi connectivity index (χ0) is 101. The van der Waals surface area contributed by atoms with Gasteiger partial charge in [-0.3, -0.25) is 4.79 Å². The van der Waals surface area contributed by atoms with Crippen LogP contribution in [0.1, 0.15) is 157 Å². The van der Waals surface area contributed by atoms with Crippen molar-refractivity contribution in [3.05, 3.63) is 598 Å². The molecule has 0 fully saturated rings. The Morgan fingerprint density at radius 1 is 0.240 bits per heavy atom. The van der Waals surface area contributed by atoms with E-state index < -0.39 is 11.0 Å². The number of para-hydroxylation sites is 3. The van der Waals surface area contributed by atoms with Gasteiger partial charge < -0.3 is 26.7 Å². The van der Waals surface area contributed by atoms with Gasteiger partial charge in [-0.1, -0.05) is 485 Å². The minimum atomic E-state index is -1.41. The number of fused-ring (bicyclic) bond motifs is 25. The molecule has 28 rings (SSSR count). The average Bonchev–Trinajstić information content (AvgIpc) is 1.50. The van der Waals surface area contributed by atoms with Crippen molar-refractivity contribution < 1.29 is 28.8 Å². The summed E-state index contributed by atoms with van der Waals surface area (Å²) in [6.07, 6.45) is 2.28. The minimum absolute atomic E-state index is 0. The van der Waals surface area contributed by atoms with Gasteiger partial charge in [0.25, 0.3) is 0 Å². The summed E-state index contributed by atoms with van der Waals surface area (Å²) in [6, 6.07) is 179.